The maximum absolute atomic E-state index is 11.4. The molecule has 2 rings (SSSR count). The third kappa shape index (κ3) is 2.26. The van der Waals surface area contributed by atoms with Crippen LogP contribution in [0, 0.1) is 0 Å². The second kappa shape index (κ2) is 4.03. The van der Waals surface area contributed by atoms with E-state index in [2.05, 4.69) is 20.6 Å². The summed E-state index contributed by atoms with van der Waals surface area (Å²) in [6, 6.07) is 3.47. The number of hydrogen-bond acceptors (Lipinski definition) is 4. The van der Waals surface area contributed by atoms with Crippen LogP contribution in [0.25, 0.3) is 5.65 Å². The monoisotopic (exact) mass is 255 g/mol. The summed E-state index contributed by atoms with van der Waals surface area (Å²) in [4.78, 5) is 11.4. The van der Waals surface area contributed by atoms with E-state index >= 15 is 0 Å². The van der Waals surface area contributed by atoms with Gasteiger partial charge in [0, 0.05) is 5.54 Å². The van der Waals surface area contributed by atoms with E-state index in [1.807, 2.05) is 20.8 Å². The molecule has 2 aromatic rings. The molecule has 2 N–H and O–H groups in total. The number of fused-ring (bicyclic) bond motifs is 1. The van der Waals surface area contributed by atoms with Crippen LogP contribution >= 0.6 is 11.6 Å². The Hall–Kier alpha value is -1.56. The summed E-state index contributed by atoms with van der Waals surface area (Å²) in [6.07, 6.45) is 0. The molecule has 1 unspecified atom stereocenters. The van der Waals surface area contributed by atoms with E-state index in [9.17, 15) is 4.79 Å². The minimum atomic E-state index is -0.361. The molecular formula is C10H14ClN5O. The molecule has 17 heavy (non-hydrogen) atoms. The maximum atomic E-state index is 11.4. The van der Waals surface area contributed by atoms with Crippen LogP contribution < -0.4 is 11.0 Å². The van der Waals surface area contributed by atoms with Crippen molar-refractivity contribution in [1.29, 1.82) is 0 Å². The van der Waals surface area contributed by atoms with Crippen LogP contribution in [0.3, 0.4) is 0 Å². The first-order valence-corrected chi connectivity index (χ1v) is 5.70. The highest BCUT2D eigenvalue weighted by Gasteiger charge is 2.24. The number of aromatic amines is 1. The predicted octanol–water partition coefficient (Wildman–Crippen LogP) is 1.24. The second-order valence-corrected chi connectivity index (χ2v) is 5.13. The molecule has 0 aliphatic carbocycles. The van der Waals surface area contributed by atoms with E-state index in [-0.39, 0.29) is 16.6 Å². The molecule has 2 aromatic heterocycles. The van der Waals surface area contributed by atoms with Crippen molar-refractivity contribution in [3.05, 3.63) is 22.6 Å². The highest BCUT2D eigenvalue weighted by Crippen LogP contribution is 2.20. The average molecular weight is 256 g/mol. The lowest BCUT2D eigenvalue weighted by atomic mass is 10.0. The molecular weight excluding hydrogens is 242 g/mol. The van der Waals surface area contributed by atoms with Gasteiger partial charge in [0.15, 0.2) is 5.65 Å². The molecule has 6 nitrogen and oxygen atoms in total. The van der Waals surface area contributed by atoms with Gasteiger partial charge in [-0.15, -0.1) is 16.7 Å². The van der Waals surface area contributed by atoms with Crippen LogP contribution in [-0.2, 0) is 0 Å². The molecule has 0 saturated carbocycles. The standard InChI is InChI=1S/C10H14ClN5O/c1-6(11)10(2,3)12-7-4-5-8-13-14-9(17)16(8)15-7/h4-6H,1-3H3,(H,12,15)(H,14,17). The summed E-state index contributed by atoms with van der Waals surface area (Å²) in [5.41, 5.74) is -0.201. The Morgan fingerprint density at radius 2 is 2.24 bits per heavy atom. The zero-order valence-electron chi connectivity index (χ0n) is 9.86. The maximum Gasteiger partial charge on any atom is 0.364 e. The van der Waals surface area contributed by atoms with Crippen molar-refractivity contribution in [2.24, 2.45) is 0 Å². The van der Waals surface area contributed by atoms with E-state index < -0.39 is 0 Å². The quantitative estimate of drug-likeness (QED) is 0.809. The highest BCUT2D eigenvalue weighted by atomic mass is 35.5. The number of nitrogens with one attached hydrogen (secondary N) is 2. The number of rotatable bonds is 3. The summed E-state index contributed by atoms with van der Waals surface area (Å²) < 4.78 is 1.21. The van der Waals surface area contributed by atoms with Crippen molar-refractivity contribution in [3.8, 4) is 0 Å². The number of aromatic nitrogens is 4. The van der Waals surface area contributed by atoms with E-state index in [0.717, 1.165) is 0 Å². The normalized spacial score (nSPS) is 13.9. The fourth-order valence-corrected chi connectivity index (χ4v) is 1.35. The minimum absolute atomic E-state index is 0.0823. The van der Waals surface area contributed by atoms with Crippen LogP contribution in [0.15, 0.2) is 16.9 Å². The molecule has 0 fully saturated rings. The third-order valence-corrected chi connectivity index (χ3v) is 3.26. The van der Waals surface area contributed by atoms with Gasteiger partial charge < -0.3 is 5.32 Å². The molecule has 0 bridgehead atoms. The topological polar surface area (TPSA) is 75.1 Å². The first kappa shape index (κ1) is 11.9. The summed E-state index contributed by atoms with van der Waals surface area (Å²) in [7, 11) is 0. The molecule has 0 amide bonds. The zero-order chi connectivity index (χ0) is 12.6. The lowest BCUT2D eigenvalue weighted by Crippen LogP contribution is -2.39. The predicted molar refractivity (Wildman–Crippen MR) is 66.6 cm³/mol. The van der Waals surface area contributed by atoms with Crippen molar-refractivity contribution >= 4 is 23.1 Å². The fraction of sp³-hybridized carbons (Fsp3) is 0.500. The minimum Gasteiger partial charge on any atom is -0.362 e. The number of anilines is 1. The first-order valence-electron chi connectivity index (χ1n) is 5.27. The molecule has 0 spiro atoms. The van der Waals surface area contributed by atoms with E-state index in [0.29, 0.717) is 11.5 Å². The van der Waals surface area contributed by atoms with Crippen molar-refractivity contribution in [2.75, 3.05) is 5.32 Å². The zero-order valence-corrected chi connectivity index (χ0v) is 10.6. The Kier molecular flexibility index (Phi) is 2.82. The summed E-state index contributed by atoms with van der Waals surface area (Å²) >= 11 is 6.07. The molecule has 92 valence electrons. The highest BCUT2D eigenvalue weighted by molar-refractivity contribution is 6.21. The summed E-state index contributed by atoms with van der Waals surface area (Å²) in [5, 5.41) is 13.4. The van der Waals surface area contributed by atoms with Gasteiger partial charge in [-0.25, -0.2) is 9.89 Å². The van der Waals surface area contributed by atoms with Gasteiger partial charge in [-0.2, -0.15) is 9.61 Å². The van der Waals surface area contributed by atoms with E-state index in [1.165, 1.54) is 4.52 Å². The largest absolute Gasteiger partial charge is 0.364 e. The van der Waals surface area contributed by atoms with Crippen LogP contribution in [-0.4, -0.2) is 30.7 Å². The van der Waals surface area contributed by atoms with Gasteiger partial charge in [0.2, 0.25) is 0 Å². The van der Waals surface area contributed by atoms with Gasteiger partial charge in [-0.05, 0) is 32.9 Å². The summed E-state index contributed by atoms with van der Waals surface area (Å²) in [5.74, 6) is 0.582. The Bertz CT molecular complexity index is 586. The Balaban J connectivity index is 2.37. The lowest BCUT2D eigenvalue weighted by molar-refractivity contribution is 0.550. The van der Waals surface area contributed by atoms with Gasteiger partial charge in [0.05, 0.1) is 5.38 Å². The van der Waals surface area contributed by atoms with Crippen molar-refractivity contribution in [3.63, 3.8) is 0 Å². The fourth-order valence-electron chi connectivity index (χ4n) is 1.30. The molecule has 7 heteroatoms. The SMILES string of the molecule is CC(Cl)C(C)(C)Nc1ccc2n[nH]c(=O)n2n1. The van der Waals surface area contributed by atoms with Crippen molar-refractivity contribution in [1.82, 2.24) is 19.8 Å². The van der Waals surface area contributed by atoms with Gasteiger partial charge >= 0.3 is 5.69 Å². The van der Waals surface area contributed by atoms with Crippen LogP contribution in [0.1, 0.15) is 20.8 Å². The number of hydrogen-bond donors (Lipinski definition) is 2. The van der Waals surface area contributed by atoms with Gasteiger partial charge in [0.25, 0.3) is 0 Å². The summed E-state index contributed by atoms with van der Waals surface area (Å²) in [6.45, 7) is 5.83. The molecule has 0 saturated heterocycles. The Morgan fingerprint density at radius 1 is 1.53 bits per heavy atom. The van der Waals surface area contributed by atoms with Crippen molar-refractivity contribution < 1.29 is 0 Å². The van der Waals surface area contributed by atoms with Gasteiger partial charge in [0.1, 0.15) is 5.82 Å². The van der Waals surface area contributed by atoms with Crippen LogP contribution in [0.2, 0.25) is 0 Å². The Labute approximate surface area is 103 Å². The first-order chi connectivity index (χ1) is 7.90. The van der Waals surface area contributed by atoms with Crippen LogP contribution in [0.4, 0.5) is 5.82 Å². The van der Waals surface area contributed by atoms with E-state index in [1.54, 1.807) is 12.1 Å². The number of alkyl halides is 1. The Morgan fingerprint density at radius 3 is 2.88 bits per heavy atom. The molecule has 2 heterocycles. The van der Waals surface area contributed by atoms with Crippen molar-refractivity contribution in [2.45, 2.75) is 31.7 Å². The average Bonchev–Trinajstić information content (AvgIpc) is 2.60. The number of H-pyrrole nitrogens is 1. The molecule has 0 aliphatic rings. The molecule has 1 atom stereocenters. The molecule has 0 radical (unpaired) electrons. The van der Waals surface area contributed by atoms with Gasteiger partial charge in [-0.3, -0.25) is 0 Å². The smallest absolute Gasteiger partial charge is 0.362 e. The second-order valence-electron chi connectivity index (χ2n) is 4.48. The van der Waals surface area contributed by atoms with Gasteiger partial charge in [-0.1, -0.05) is 0 Å². The molecule has 0 aliphatic heterocycles. The van der Waals surface area contributed by atoms with Crippen LogP contribution in [0.5, 0.6) is 0 Å². The number of nitrogens with zero attached hydrogens (tertiary/aromatic N) is 3. The lowest BCUT2D eigenvalue weighted by Gasteiger charge is -2.29. The van der Waals surface area contributed by atoms with E-state index in [4.69, 9.17) is 11.6 Å². The number of halogens is 1. The third-order valence-electron chi connectivity index (χ3n) is 2.72. The molecule has 0 aromatic carbocycles.